The average Bonchev–Trinajstić information content (AvgIpc) is 3.03. The Morgan fingerprint density at radius 3 is 2.12 bits per heavy atom. The summed E-state index contributed by atoms with van der Waals surface area (Å²) >= 11 is 0. The quantitative estimate of drug-likeness (QED) is 0.850. The van der Waals surface area contributed by atoms with Gasteiger partial charge in [0.05, 0.1) is 0 Å². The van der Waals surface area contributed by atoms with E-state index in [1.165, 1.54) is 19.2 Å². The Balaban J connectivity index is 2.02. The summed E-state index contributed by atoms with van der Waals surface area (Å²) in [6.45, 7) is 7.25. The van der Waals surface area contributed by atoms with Crippen LogP contribution < -0.4 is 4.72 Å². The van der Waals surface area contributed by atoms with Crippen molar-refractivity contribution in [1.82, 2.24) is 14.5 Å². The molecule has 1 aliphatic heterocycles. The number of nitrogens with one attached hydrogen (secondary N) is 1. The SMILES string of the molecule is CNS(=O)(=O)c1ccc(C(=O)N2CCN(C(=O)C(C)(C)C)CC2)o1. The third-order valence-electron chi connectivity index (χ3n) is 3.82. The molecule has 0 aliphatic carbocycles. The van der Waals surface area contributed by atoms with Crippen LogP contribution >= 0.6 is 0 Å². The fourth-order valence-electron chi connectivity index (χ4n) is 2.42. The first-order chi connectivity index (χ1) is 11.1. The van der Waals surface area contributed by atoms with E-state index in [9.17, 15) is 18.0 Å². The van der Waals surface area contributed by atoms with E-state index in [2.05, 4.69) is 4.72 Å². The first kappa shape index (κ1) is 18.5. The van der Waals surface area contributed by atoms with E-state index in [-0.39, 0.29) is 22.7 Å². The van der Waals surface area contributed by atoms with Gasteiger partial charge in [0.25, 0.3) is 15.9 Å². The minimum absolute atomic E-state index is 0.0283. The summed E-state index contributed by atoms with van der Waals surface area (Å²) in [6, 6.07) is 2.59. The lowest BCUT2D eigenvalue weighted by Gasteiger charge is -2.37. The zero-order valence-electron chi connectivity index (χ0n) is 14.3. The van der Waals surface area contributed by atoms with E-state index < -0.39 is 15.4 Å². The summed E-state index contributed by atoms with van der Waals surface area (Å²) < 4.78 is 30.6. The highest BCUT2D eigenvalue weighted by Gasteiger charge is 2.32. The number of furan rings is 1. The van der Waals surface area contributed by atoms with Crippen molar-refractivity contribution in [2.45, 2.75) is 25.9 Å². The van der Waals surface area contributed by atoms with Gasteiger partial charge in [-0.2, -0.15) is 0 Å². The lowest BCUT2D eigenvalue weighted by atomic mass is 9.94. The lowest BCUT2D eigenvalue weighted by Crippen LogP contribution is -2.53. The van der Waals surface area contributed by atoms with Gasteiger partial charge in [0, 0.05) is 31.6 Å². The van der Waals surface area contributed by atoms with Gasteiger partial charge in [0.1, 0.15) is 0 Å². The Morgan fingerprint density at radius 2 is 1.62 bits per heavy atom. The van der Waals surface area contributed by atoms with Crippen LogP contribution in [-0.2, 0) is 14.8 Å². The number of carbonyl (C=O) groups excluding carboxylic acids is 2. The third-order valence-corrected chi connectivity index (χ3v) is 5.11. The monoisotopic (exact) mass is 357 g/mol. The Labute approximate surface area is 141 Å². The van der Waals surface area contributed by atoms with Crippen molar-refractivity contribution in [3.05, 3.63) is 17.9 Å². The maximum Gasteiger partial charge on any atom is 0.289 e. The lowest BCUT2D eigenvalue weighted by molar-refractivity contribution is -0.140. The maximum atomic E-state index is 12.4. The van der Waals surface area contributed by atoms with E-state index in [1.807, 2.05) is 20.8 Å². The van der Waals surface area contributed by atoms with Crippen LogP contribution in [0.5, 0.6) is 0 Å². The minimum Gasteiger partial charge on any atom is -0.438 e. The van der Waals surface area contributed by atoms with Crippen molar-refractivity contribution in [2.24, 2.45) is 5.41 Å². The molecular weight excluding hydrogens is 334 g/mol. The van der Waals surface area contributed by atoms with Gasteiger partial charge in [-0.25, -0.2) is 13.1 Å². The number of amides is 2. The fourth-order valence-corrected chi connectivity index (χ4v) is 3.07. The van der Waals surface area contributed by atoms with Crippen LogP contribution in [0.1, 0.15) is 31.3 Å². The van der Waals surface area contributed by atoms with E-state index in [4.69, 9.17) is 4.42 Å². The average molecular weight is 357 g/mol. The molecule has 1 aliphatic rings. The number of nitrogens with zero attached hydrogens (tertiary/aromatic N) is 2. The second-order valence-corrected chi connectivity index (χ2v) is 8.48. The molecule has 2 amide bonds. The molecule has 0 aromatic carbocycles. The molecule has 2 heterocycles. The molecule has 0 bridgehead atoms. The highest BCUT2D eigenvalue weighted by atomic mass is 32.2. The van der Waals surface area contributed by atoms with Crippen molar-refractivity contribution in [3.8, 4) is 0 Å². The van der Waals surface area contributed by atoms with E-state index in [0.29, 0.717) is 26.2 Å². The number of carbonyl (C=O) groups is 2. The summed E-state index contributed by atoms with van der Waals surface area (Å²) in [5, 5.41) is -0.296. The van der Waals surface area contributed by atoms with Gasteiger partial charge in [-0.05, 0) is 19.2 Å². The van der Waals surface area contributed by atoms with E-state index in [0.717, 1.165) is 0 Å². The van der Waals surface area contributed by atoms with Crippen LogP contribution in [0.3, 0.4) is 0 Å². The van der Waals surface area contributed by atoms with Gasteiger partial charge in [0.2, 0.25) is 11.0 Å². The van der Waals surface area contributed by atoms with Crippen molar-refractivity contribution in [3.63, 3.8) is 0 Å². The van der Waals surface area contributed by atoms with Gasteiger partial charge in [-0.15, -0.1) is 0 Å². The maximum absolute atomic E-state index is 12.4. The Kier molecular flexibility index (Phi) is 5.05. The molecule has 0 saturated carbocycles. The van der Waals surface area contributed by atoms with Crippen molar-refractivity contribution >= 4 is 21.8 Å². The predicted molar refractivity (Wildman–Crippen MR) is 86.9 cm³/mol. The molecule has 2 rings (SSSR count). The number of sulfonamides is 1. The minimum atomic E-state index is -3.72. The zero-order chi connectivity index (χ0) is 18.1. The number of piperazine rings is 1. The van der Waals surface area contributed by atoms with E-state index in [1.54, 1.807) is 9.80 Å². The van der Waals surface area contributed by atoms with Gasteiger partial charge < -0.3 is 14.2 Å². The van der Waals surface area contributed by atoms with Crippen LogP contribution in [-0.4, -0.2) is 63.3 Å². The molecule has 0 atom stereocenters. The number of hydrogen-bond acceptors (Lipinski definition) is 5. The number of rotatable bonds is 3. The first-order valence-electron chi connectivity index (χ1n) is 7.68. The molecule has 1 fully saturated rings. The van der Waals surface area contributed by atoms with Crippen molar-refractivity contribution in [1.29, 1.82) is 0 Å². The summed E-state index contributed by atoms with van der Waals surface area (Å²) in [7, 11) is -2.45. The zero-order valence-corrected chi connectivity index (χ0v) is 15.1. The first-order valence-corrected chi connectivity index (χ1v) is 9.16. The van der Waals surface area contributed by atoms with Gasteiger partial charge in [-0.1, -0.05) is 20.8 Å². The second-order valence-electron chi connectivity index (χ2n) is 6.66. The Morgan fingerprint density at radius 1 is 1.08 bits per heavy atom. The van der Waals surface area contributed by atoms with Gasteiger partial charge >= 0.3 is 0 Å². The second kappa shape index (κ2) is 6.56. The molecule has 0 unspecified atom stereocenters. The summed E-state index contributed by atoms with van der Waals surface area (Å²) in [4.78, 5) is 28.0. The van der Waals surface area contributed by atoms with Crippen LogP contribution in [0, 0.1) is 5.41 Å². The molecular formula is C15H23N3O5S. The topological polar surface area (TPSA) is 99.9 Å². The largest absolute Gasteiger partial charge is 0.438 e. The molecule has 24 heavy (non-hydrogen) atoms. The summed E-state index contributed by atoms with van der Waals surface area (Å²) in [6.07, 6.45) is 0. The van der Waals surface area contributed by atoms with Crippen molar-refractivity contribution in [2.75, 3.05) is 33.2 Å². The van der Waals surface area contributed by atoms with Gasteiger partial charge in [-0.3, -0.25) is 9.59 Å². The molecule has 134 valence electrons. The molecule has 1 aromatic rings. The molecule has 8 nitrogen and oxygen atoms in total. The van der Waals surface area contributed by atoms with Gasteiger partial charge in [0.15, 0.2) is 5.76 Å². The smallest absolute Gasteiger partial charge is 0.289 e. The molecule has 1 N–H and O–H groups in total. The highest BCUT2D eigenvalue weighted by molar-refractivity contribution is 7.89. The summed E-state index contributed by atoms with van der Waals surface area (Å²) in [5.41, 5.74) is -0.455. The van der Waals surface area contributed by atoms with Crippen LogP contribution in [0.25, 0.3) is 0 Å². The third kappa shape index (κ3) is 3.78. The Bertz CT molecular complexity index is 725. The highest BCUT2D eigenvalue weighted by Crippen LogP contribution is 2.20. The summed E-state index contributed by atoms with van der Waals surface area (Å²) in [5.74, 6) is -0.357. The van der Waals surface area contributed by atoms with E-state index >= 15 is 0 Å². The van der Waals surface area contributed by atoms with Crippen LogP contribution in [0.15, 0.2) is 21.6 Å². The standard InChI is InChI=1S/C15H23N3O5S/c1-15(2,3)14(20)18-9-7-17(8-10-18)13(19)11-5-6-12(23-11)24(21,22)16-4/h5-6,16H,7-10H2,1-4H3. The molecule has 1 saturated heterocycles. The van der Waals surface area contributed by atoms with Crippen LogP contribution in [0.2, 0.25) is 0 Å². The predicted octanol–water partition coefficient (Wildman–Crippen LogP) is 0.518. The molecule has 0 spiro atoms. The Hall–Kier alpha value is -1.87. The molecule has 1 aromatic heterocycles. The van der Waals surface area contributed by atoms with Crippen molar-refractivity contribution < 1.29 is 22.4 Å². The number of hydrogen-bond donors (Lipinski definition) is 1. The normalized spacial score (nSPS) is 16.3. The fraction of sp³-hybridized carbons (Fsp3) is 0.600. The molecule has 0 radical (unpaired) electrons. The molecule has 9 heteroatoms. The van der Waals surface area contributed by atoms with Crippen LogP contribution in [0.4, 0.5) is 0 Å².